The van der Waals surface area contributed by atoms with Crippen LogP contribution in [0.2, 0.25) is 5.02 Å². The molecule has 0 aliphatic carbocycles. The van der Waals surface area contributed by atoms with Crippen LogP contribution in [0.25, 0.3) is 0 Å². The smallest absolute Gasteiger partial charge is 0.251 e. The van der Waals surface area contributed by atoms with E-state index < -0.39 is 0 Å². The Bertz CT molecular complexity index is 582. The molecule has 0 saturated carbocycles. The molecule has 106 valence electrons. The summed E-state index contributed by atoms with van der Waals surface area (Å²) >= 11 is 6.15. The van der Waals surface area contributed by atoms with E-state index in [1.54, 1.807) is 31.5 Å². The molecule has 1 unspecified atom stereocenters. The van der Waals surface area contributed by atoms with Crippen molar-refractivity contribution in [1.82, 2.24) is 5.32 Å². The van der Waals surface area contributed by atoms with E-state index in [-0.39, 0.29) is 11.9 Å². The molecule has 1 aromatic carbocycles. The number of carbonyl (C=O) groups excluding carboxylic acids is 1. The van der Waals surface area contributed by atoms with Gasteiger partial charge in [-0.2, -0.15) is 0 Å². The molecule has 2 N–H and O–H groups in total. The summed E-state index contributed by atoms with van der Waals surface area (Å²) in [7, 11) is 1.60. The Morgan fingerprint density at radius 2 is 2.20 bits per heavy atom. The highest BCUT2D eigenvalue weighted by Crippen LogP contribution is 2.24. The molecule has 0 spiro atoms. The third-order valence-electron chi connectivity index (χ3n) is 2.94. The van der Waals surface area contributed by atoms with E-state index in [0.717, 1.165) is 17.9 Å². The van der Waals surface area contributed by atoms with Crippen LogP contribution in [0.15, 0.2) is 41.0 Å². The van der Waals surface area contributed by atoms with Crippen molar-refractivity contribution in [2.24, 2.45) is 0 Å². The van der Waals surface area contributed by atoms with Gasteiger partial charge in [-0.3, -0.25) is 4.79 Å². The number of rotatable bonds is 5. The van der Waals surface area contributed by atoms with Crippen LogP contribution in [-0.2, 0) is 6.42 Å². The van der Waals surface area contributed by atoms with Gasteiger partial charge in [0.05, 0.1) is 17.0 Å². The molecule has 0 aliphatic heterocycles. The summed E-state index contributed by atoms with van der Waals surface area (Å²) in [6, 6.07) is 9.10. The number of halogens is 1. The number of furan rings is 1. The second-order valence-electron chi connectivity index (χ2n) is 4.60. The zero-order chi connectivity index (χ0) is 14.5. The maximum Gasteiger partial charge on any atom is 0.251 e. The van der Waals surface area contributed by atoms with Gasteiger partial charge in [0.1, 0.15) is 5.76 Å². The molecule has 4 nitrogen and oxygen atoms in total. The molecule has 0 fully saturated rings. The lowest BCUT2D eigenvalue weighted by molar-refractivity contribution is 0.0963. The number of amides is 1. The normalized spacial score (nSPS) is 11.9. The minimum Gasteiger partial charge on any atom is -0.469 e. The highest BCUT2D eigenvalue weighted by atomic mass is 35.5. The Balaban J connectivity index is 2.09. The summed E-state index contributed by atoms with van der Waals surface area (Å²) in [4.78, 5) is 11.6. The number of hydrogen-bond donors (Lipinski definition) is 2. The van der Waals surface area contributed by atoms with Crippen LogP contribution in [0.5, 0.6) is 0 Å². The Hall–Kier alpha value is -1.94. The van der Waals surface area contributed by atoms with Crippen molar-refractivity contribution in [3.8, 4) is 0 Å². The second kappa shape index (κ2) is 6.48. The Kier molecular flexibility index (Phi) is 4.69. The number of carbonyl (C=O) groups is 1. The fraction of sp³-hybridized carbons (Fsp3) is 0.267. The molecule has 0 saturated heterocycles. The van der Waals surface area contributed by atoms with E-state index in [0.29, 0.717) is 10.6 Å². The minimum absolute atomic E-state index is 0.136. The Morgan fingerprint density at radius 3 is 2.85 bits per heavy atom. The van der Waals surface area contributed by atoms with Gasteiger partial charge in [0.25, 0.3) is 5.91 Å². The standard InChI is InChI=1S/C15H17ClN2O2/c1-10(8-12-4-3-7-20-12)18-14-9-11(15(19)17-2)5-6-13(14)16/h3-7,9-10,18H,8H2,1-2H3,(H,17,19). The minimum atomic E-state index is -0.136. The van der Waals surface area contributed by atoms with Crippen molar-refractivity contribution in [3.63, 3.8) is 0 Å². The van der Waals surface area contributed by atoms with Gasteiger partial charge in [-0.15, -0.1) is 0 Å². The SMILES string of the molecule is CNC(=O)c1ccc(Cl)c(NC(C)Cc2ccco2)c1. The molecule has 1 aromatic heterocycles. The third kappa shape index (κ3) is 3.54. The predicted octanol–water partition coefficient (Wildman–Crippen LogP) is 3.34. The van der Waals surface area contributed by atoms with E-state index in [2.05, 4.69) is 10.6 Å². The molecule has 0 radical (unpaired) electrons. The summed E-state index contributed by atoms with van der Waals surface area (Å²) in [5.74, 6) is 0.770. The number of hydrogen-bond acceptors (Lipinski definition) is 3. The first-order valence-corrected chi connectivity index (χ1v) is 6.78. The molecule has 2 aromatic rings. The van der Waals surface area contributed by atoms with Crippen LogP contribution >= 0.6 is 11.6 Å². The molecular weight excluding hydrogens is 276 g/mol. The maximum atomic E-state index is 11.6. The quantitative estimate of drug-likeness (QED) is 0.889. The summed E-state index contributed by atoms with van der Waals surface area (Å²) in [5, 5.41) is 6.48. The largest absolute Gasteiger partial charge is 0.469 e. The lowest BCUT2D eigenvalue weighted by Crippen LogP contribution is -2.20. The van der Waals surface area contributed by atoms with Gasteiger partial charge in [0, 0.05) is 25.1 Å². The Labute approximate surface area is 123 Å². The van der Waals surface area contributed by atoms with Crippen molar-refractivity contribution >= 4 is 23.2 Å². The van der Waals surface area contributed by atoms with E-state index in [4.69, 9.17) is 16.0 Å². The van der Waals surface area contributed by atoms with Gasteiger partial charge in [0.15, 0.2) is 0 Å². The number of benzene rings is 1. The highest BCUT2D eigenvalue weighted by Gasteiger charge is 2.11. The molecule has 0 bridgehead atoms. The first-order chi connectivity index (χ1) is 9.60. The molecule has 1 heterocycles. The van der Waals surface area contributed by atoms with Crippen molar-refractivity contribution in [2.45, 2.75) is 19.4 Å². The molecule has 2 rings (SSSR count). The van der Waals surface area contributed by atoms with Crippen LogP contribution in [0, 0.1) is 0 Å². The average molecular weight is 293 g/mol. The average Bonchev–Trinajstić information content (AvgIpc) is 2.93. The monoisotopic (exact) mass is 292 g/mol. The van der Waals surface area contributed by atoms with Crippen LogP contribution in [0.4, 0.5) is 5.69 Å². The van der Waals surface area contributed by atoms with E-state index in [1.165, 1.54) is 0 Å². The first-order valence-electron chi connectivity index (χ1n) is 6.40. The molecular formula is C15H17ClN2O2. The second-order valence-corrected chi connectivity index (χ2v) is 5.01. The van der Waals surface area contributed by atoms with Gasteiger partial charge < -0.3 is 15.1 Å². The van der Waals surface area contributed by atoms with Crippen LogP contribution < -0.4 is 10.6 Å². The van der Waals surface area contributed by atoms with E-state index >= 15 is 0 Å². The topological polar surface area (TPSA) is 54.3 Å². The molecule has 5 heteroatoms. The predicted molar refractivity (Wildman–Crippen MR) is 80.3 cm³/mol. The zero-order valence-electron chi connectivity index (χ0n) is 11.4. The fourth-order valence-corrected chi connectivity index (χ4v) is 2.14. The van der Waals surface area contributed by atoms with Crippen molar-refractivity contribution in [1.29, 1.82) is 0 Å². The Morgan fingerprint density at radius 1 is 1.40 bits per heavy atom. The van der Waals surface area contributed by atoms with E-state index in [1.807, 2.05) is 19.1 Å². The molecule has 0 aliphatic rings. The van der Waals surface area contributed by atoms with Crippen LogP contribution in [0.1, 0.15) is 23.0 Å². The van der Waals surface area contributed by atoms with Crippen LogP contribution in [-0.4, -0.2) is 19.0 Å². The van der Waals surface area contributed by atoms with Crippen molar-refractivity contribution in [3.05, 3.63) is 52.9 Å². The van der Waals surface area contributed by atoms with Gasteiger partial charge in [0.2, 0.25) is 0 Å². The van der Waals surface area contributed by atoms with Gasteiger partial charge in [-0.25, -0.2) is 0 Å². The van der Waals surface area contributed by atoms with Gasteiger partial charge in [-0.1, -0.05) is 11.6 Å². The number of nitrogens with one attached hydrogen (secondary N) is 2. The lowest BCUT2D eigenvalue weighted by atomic mass is 10.1. The maximum absolute atomic E-state index is 11.6. The first kappa shape index (κ1) is 14.5. The summed E-state index contributed by atoms with van der Waals surface area (Å²) in [6.45, 7) is 2.03. The van der Waals surface area contributed by atoms with Crippen molar-refractivity contribution < 1.29 is 9.21 Å². The van der Waals surface area contributed by atoms with Crippen molar-refractivity contribution in [2.75, 3.05) is 12.4 Å². The lowest BCUT2D eigenvalue weighted by Gasteiger charge is -2.16. The fourth-order valence-electron chi connectivity index (χ4n) is 1.97. The zero-order valence-corrected chi connectivity index (χ0v) is 12.2. The molecule has 1 amide bonds. The summed E-state index contributed by atoms with van der Waals surface area (Å²) < 4.78 is 5.31. The number of anilines is 1. The van der Waals surface area contributed by atoms with Gasteiger partial charge >= 0.3 is 0 Å². The molecule has 1 atom stereocenters. The van der Waals surface area contributed by atoms with Crippen LogP contribution in [0.3, 0.4) is 0 Å². The highest BCUT2D eigenvalue weighted by molar-refractivity contribution is 6.33. The third-order valence-corrected chi connectivity index (χ3v) is 3.27. The summed E-state index contributed by atoms with van der Waals surface area (Å²) in [5.41, 5.74) is 1.32. The van der Waals surface area contributed by atoms with Gasteiger partial charge in [-0.05, 0) is 37.3 Å². The van der Waals surface area contributed by atoms with E-state index in [9.17, 15) is 4.79 Å². The summed E-state index contributed by atoms with van der Waals surface area (Å²) in [6.07, 6.45) is 2.40. The molecule has 20 heavy (non-hydrogen) atoms.